The standard InChI is InChI=1S/C22H37N5O3/c1-14(2)27(4)15(3)21(29)26-19(20(28)17-8-6-5-7-9-17)22(30)25-13-16-10-11-18(23)24-12-16/h10-12,14-15,17,19-20,28H,5-9,13H2,1-4H3,(H2,23,24)(H,25,30)(H,26,29)/t15-,19?,20-/m0/s1. The molecular weight excluding hydrogens is 382 g/mol. The van der Waals surface area contributed by atoms with Crippen molar-refractivity contribution in [3.8, 4) is 0 Å². The van der Waals surface area contributed by atoms with Gasteiger partial charge >= 0.3 is 0 Å². The van der Waals surface area contributed by atoms with Gasteiger partial charge in [0.2, 0.25) is 11.8 Å². The predicted molar refractivity (Wildman–Crippen MR) is 117 cm³/mol. The number of aliphatic hydroxyl groups is 1. The molecule has 5 N–H and O–H groups in total. The summed E-state index contributed by atoms with van der Waals surface area (Å²) in [5.41, 5.74) is 6.39. The van der Waals surface area contributed by atoms with Gasteiger partial charge < -0.3 is 21.5 Å². The first-order valence-electron chi connectivity index (χ1n) is 10.9. The number of nitrogens with zero attached hydrogens (tertiary/aromatic N) is 2. The number of nitrogen functional groups attached to an aromatic ring is 1. The number of hydrogen-bond acceptors (Lipinski definition) is 6. The Morgan fingerprint density at radius 2 is 1.87 bits per heavy atom. The molecule has 1 fully saturated rings. The molecule has 0 aromatic carbocycles. The third kappa shape index (κ3) is 6.67. The van der Waals surface area contributed by atoms with Crippen LogP contribution in [0.2, 0.25) is 0 Å². The molecule has 1 aliphatic carbocycles. The Kier molecular flexibility index (Phi) is 9.05. The van der Waals surface area contributed by atoms with Crippen LogP contribution >= 0.6 is 0 Å². The van der Waals surface area contributed by atoms with Crippen LogP contribution in [0.1, 0.15) is 58.4 Å². The second-order valence-corrected chi connectivity index (χ2v) is 8.62. The minimum atomic E-state index is -0.995. The molecule has 0 bridgehead atoms. The summed E-state index contributed by atoms with van der Waals surface area (Å²) in [5.74, 6) is -0.245. The summed E-state index contributed by atoms with van der Waals surface area (Å²) in [5, 5.41) is 16.6. The molecule has 1 heterocycles. The lowest BCUT2D eigenvalue weighted by Crippen LogP contribution is -2.58. The fourth-order valence-corrected chi connectivity index (χ4v) is 3.80. The molecule has 168 valence electrons. The first-order chi connectivity index (χ1) is 14.2. The highest BCUT2D eigenvalue weighted by atomic mass is 16.3. The zero-order valence-electron chi connectivity index (χ0n) is 18.6. The summed E-state index contributed by atoms with van der Waals surface area (Å²) in [7, 11) is 1.87. The van der Waals surface area contributed by atoms with Gasteiger partial charge in [0.05, 0.1) is 12.1 Å². The summed E-state index contributed by atoms with van der Waals surface area (Å²) in [6.45, 7) is 6.06. The molecule has 30 heavy (non-hydrogen) atoms. The van der Waals surface area contributed by atoms with Gasteiger partial charge in [-0.25, -0.2) is 4.98 Å². The minimum absolute atomic E-state index is 0.00567. The van der Waals surface area contributed by atoms with Crippen LogP contribution in [0, 0.1) is 5.92 Å². The van der Waals surface area contributed by atoms with Gasteiger partial charge in [0.1, 0.15) is 11.9 Å². The number of pyridine rings is 1. The highest BCUT2D eigenvalue weighted by Crippen LogP contribution is 2.28. The Hall–Kier alpha value is -2.19. The van der Waals surface area contributed by atoms with Crippen LogP contribution < -0.4 is 16.4 Å². The van der Waals surface area contributed by atoms with Crippen LogP contribution in [0.25, 0.3) is 0 Å². The number of nitrogens with one attached hydrogen (secondary N) is 2. The third-order valence-corrected chi connectivity index (χ3v) is 6.17. The van der Waals surface area contributed by atoms with Gasteiger partial charge in [0, 0.05) is 18.8 Å². The van der Waals surface area contributed by atoms with Crippen molar-refractivity contribution in [2.75, 3.05) is 12.8 Å². The molecule has 1 unspecified atom stereocenters. The molecule has 0 spiro atoms. The second-order valence-electron chi connectivity index (χ2n) is 8.62. The Balaban J connectivity index is 2.09. The van der Waals surface area contributed by atoms with Crippen molar-refractivity contribution < 1.29 is 14.7 Å². The monoisotopic (exact) mass is 419 g/mol. The SMILES string of the molecule is CC(C)N(C)[C@@H](C)C(=O)NC(C(=O)NCc1ccc(N)nc1)[C@@H](O)C1CCCCC1. The Morgan fingerprint density at radius 1 is 1.20 bits per heavy atom. The molecule has 0 radical (unpaired) electrons. The van der Waals surface area contributed by atoms with Crippen LogP contribution in [0.4, 0.5) is 5.82 Å². The van der Waals surface area contributed by atoms with E-state index in [2.05, 4.69) is 15.6 Å². The number of carbonyl (C=O) groups excluding carboxylic acids is 2. The quantitative estimate of drug-likeness (QED) is 0.481. The number of likely N-dealkylation sites (N-methyl/N-ethyl adjacent to an activating group) is 1. The summed E-state index contributed by atoms with van der Waals surface area (Å²) in [6.07, 6.45) is 5.62. The van der Waals surface area contributed by atoms with Crippen molar-refractivity contribution in [1.29, 1.82) is 0 Å². The fraction of sp³-hybridized carbons (Fsp3) is 0.682. The van der Waals surface area contributed by atoms with Crippen LogP contribution in [0.15, 0.2) is 18.3 Å². The lowest BCUT2D eigenvalue weighted by atomic mass is 9.82. The molecule has 1 aliphatic rings. The van der Waals surface area contributed by atoms with Gasteiger partial charge in [-0.1, -0.05) is 25.3 Å². The summed E-state index contributed by atoms with van der Waals surface area (Å²) < 4.78 is 0. The van der Waals surface area contributed by atoms with E-state index in [0.717, 1.165) is 37.7 Å². The van der Waals surface area contributed by atoms with E-state index in [4.69, 9.17) is 5.73 Å². The van der Waals surface area contributed by atoms with Crippen molar-refractivity contribution in [2.24, 2.45) is 5.92 Å². The zero-order chi connectivity index (χ0) is 22.3. The number of aromatic nitrogens is 1. The number of anilines is 1. The van der Waals surface area contributed by atoms with E-state index in [1.807, 2.05) is 25.8 Å². The van der Waals surface area contributed by atoms with E-state index in [0.29, 0.717) is 5.82 Å². The smallest absolute Gasteiger partial charge is 0.245 e. The molecule has 0 saturated heterocycles. The van der Waals surface area contributed by atoms with E-state index in [1.54, 1.807) is 25.3 Å². The molecule has 8 nitrogen and oxygen atoms in total. The maximum absolute atomic E-state index is 13.0. The van der Waals surface area contributed by atoms with Crippen molar-refractivity contribution in [1.82, 2.24) is 20.5 Å². The molecule has 1 saturated carbocycles. The van der Waals surface area contributed by atoms with E-state index >= 15 is 0 Å². The lowest BCUT2D eigenvalue weighted by Gasteiger charge is -2.34. The van der Waals surface area contributed by atoms with E-state index in [1.165, 1.54) is 0 Å². The predicted octanol–water partition coefficient (Wildman–Crippen LogP) is 1.43. The van der Waals surface area contributed by atoms with Gasteiger partial charge in [-0.3, -0.25) is 14.5 Å². The van der Waals surface area contributed by atoms with Gasteiger partial charge in [0.15, 0.2) is 0 Å². The van der Waals surface area contributed by atoms with E-state index in [9.17, 15) is 14.7 Å². The highest BCUT2D eigenvalue weighted by Gasteiger charge is 2.36. The average molecular weight is 420 g/mol. The van der Waals surface area contributed by atoms with Crippen LogP contribution in [0.3, 0.4) is 0 Å². The van der Waals surface area contributed by atoms with Crippen molar-refractivity contribution >= 4 is 17.6 Å². The van der Waals surface area contributed by atoms with Gasteiger partial charge in [-0.15, -0.1) is 0 Å². The zero-order valence-corrected chi connectivity index (χ0v) is 18.6. The van der Waals surface area contributed by atoms with Crippen LogP contribution in [0.5, 0.6) is 0 Å². The number of amides is 2. The van der Waals surface area contributed by atoms with Gasteiger partial charge in [0.25, 0.3) is 0 Å². The second kappa shape index (κ2) is 11.3. The maximum Gasteiger partial charge on any atom is 0.245 e. The number of nitrogens with two attached hydrogens (primary N) is 1. The van der Waals surface area contributed by atoms with Gasteiger partial charge in [-0.05, 0) is 58.2 Å². The molecule has 2 rings (SSSR count). The topological polar surface area (TPSA) is 121 Å². The molecule has 0 aliphatic heterocycles. The average Bonchev–Trinajstić information content (AvgIpc) is 2.75. The van der Waals surface area contributed by atoms with Crippen LogP contribution in [-0.4, -0.2) is 58.1 Å². The number of rotatable bonds is 9. The fourth-order valence-electron chi connectivity index (χ4n) is 3.80. The molecule has 1 aromatic heterocycles. The number of aliphatic hydroxyl groups excluding tert-OH is 1. The minimum Gasteiger partial charge on any atom is -0.390 e. The van der Waals surface area contributed by atoms with E-state index < -0.39 is 24.1 Å². The number of hydrogen-bond donors (Lipinski definition) is 4. The largest absolute Gasteiger partial charge is 0.390 e. The molecule has 3 atom stereocenters. The molecule has 1 aromatic rings. The normalized spacial score (nSPS) is 18.1. The summed E-state index contributed by atoms with van der Waals surface area (Å²) in [4.78, 5) is 31.8. The maximum atomic E-state index is 13.0. The molecular formula is C22H37N5O3. The summed E-state index contributed by atoms with van der Waals surface area (Å²) >= 11 is 0. The highest BCUT2D eigenvalue weighted by molar-refractivity contribution is 5.90. The van der Waals surface area contributed by atoms with Gasteiger partial charge in [-0.2, -0.15) is 0 Å². The first-order valence-corrected chi connectivity index (χ1v) is 10.9. The van der Waals surface area contributed by atoms with Crippen molar-refractivity contribution in [3.05, 3.63) is 23.9 Å². The Morgan fingerprint density at radius 3 is 2.43 bits per heavy atom. The molecule has 8 heteroatoms. The third-order valence-electron chi connectivity index (χ3n) is 6.17. The first kappa shape index (κ1) is 24.1. The van der Waals surface area contributed by atoms with Crippen LogP contribution in [-0.2, 0) is 16.1 Å². The Bertz CT molecular complexity index is 689. The number of carbonyl (C=O) groups is 2. The van der Waals surface area contributed by atoms with Crippen molar-refractivity contribution in [2.45, 2.75) is 83.6 Å². The van der Waals surface area contributed by atoms with E-state index in [-0.39, 0.29) is 24.4 Å². The Labute approximate surface area is 179 Å². The lowest BCUT2D eigenvalue weighted by molar-refractivity contribution is -0.135. The van der Waals surface area contributed by atoms with Crippen molar-refractivity contribution in [3.63, 3.8) is 0 Å². The summed E-state index contributed by atoms with van der Waals surface area (Å²) in [6, 6.07) is 2.22. The molecule has 2 amide bonds.